The number of benzene rings is 1. The van der Waals surface area contributed by atoms with Gasteiger partial charge in [0.2, 0.25) is 0 Å². The average Bonchev–Trinajstić information content (AvgIpc) is 2.47. The normalized spacial score (nSPS) is 18.2. The highest BCUT2D eigenvalue weighted by Gasteiger charge is 2.30. The molecule has 0 atom stereocenters. The molecule has 19 heavy (non-hydrogen) atoms. The standard InChI is InChI=1S/C17H27NO/c1-19-16-7-5-15(6-8-16)9-12-17(13-14-18)10-3-2-4-11-17/h5-8H,2-4,9-14,18H2,1H3. The molecule has 2 nitrogen and oxygen atoms in total. The summed E-state index contributed by atoms with van der Waals surface area (Å²) in [7, 11) is 1.72. The maximum absolute atomic E-state index is 5.83. The molecule has 0 bridgehead atoms. The highest BCUT2D eigenvalue weighted by atomic mass is 16.5. The number of ether oxygens (including phenoxy) is 1. The Balaban J connectivity index is 1.93. The van der Waals surface area contributed by atoms with Gasteiger partial charge in [-0.25, -0.2) is 0 Å². The van der Waals surface area contributed by atoms with Crippen molar-refractivity contribution < 1.29 is 4.74 Å². The van der Waals surface area contributed by atoms with Gasteiger partial charge in [-0.2, -0.15) is 0 Å². The Kier molecular flexibility index (Phi) is 5.26. The summed E-state index contributed by atoms with van der Waals surface area (Å²) >= 11 is 0. The maximum atomic E-state index is 5.83. The van der Waals surface area contributed by atoms with Crippen molar-refractivity contribution in [1.29, 1.82) is 0 Å². The lowest BCUT2D eigenvalue weighted by atomic mass is 9.68. The molecule has 0 heterocycles. The summed E-state index contributed by atoms with van der Waals surface area (Å²) in [5.74, 6) is 0.943. The Morgan fingerprint density at radius 3 is 2.32 bits per heavy atom. The minimum atomic E-state index is 0.521. The Hall–Kier alpha value is -1.02. The zero-order valence-electron chi connectivity index (χ0n) is 12.2. The first-order valence-corrected chi connectivity index (χ1v) is 7.61. The van der Waals surface area contributed by atoms with Crippen LogP contribution in [0.1, 0.15) is 50.5 Å². The summed E-state index contributed by atoms with van der Waals surface area (Å²) in [6.07, 6.45) is 10.6. The SMILES string of the molecule is COc1ccc(CCC2(CCN)CCCCC2)cc1. The number of hydrogen-bond acceptors (Lipinski definition) is 2. The molecule has 2 N–H and O–H groups in total. The third-order valence-corrected chi connectivity index (χ3v) is 4.69. The van der Waals surface area contributed by atoms with Crippen LogP contribution < -0.4 is 10.5 Å². The zero-order chi connectivity index (χ0) is 13.6. The van der Waals surface area contributed by atoms with E-state index in [0.29, 0.717) is 5.41 Å². The summed E-state index contributed by atoms with van der Waals surface area (Å²) in [5, 5.41) is 0. The van der Waals surface area contributed by atoms with Crippen LogP contribution in [0, 0.1) is 5.41 Å². The average molecular weight is 261 g/mol. The predicted molar refractivity (Wildman–Crippen MR) is 80.5 cm³/mol. The number of methoxy groups -OCH3 is 1. The minimum absolute atomic E-state index is 0.521. The predicted octanol–water partition coefficient (Wildman–Crippen LogP) is 3.93. The van der Waals surface area contributed by atoms with Crippen LogP contribution in [0.5, 0.6) is 5.75 Å². The fourth-order valence-electron chi connectivity index (χ4n) is 3.43. The van der Waals surface area contributed by atoms with E-state index in [1.165, 1.54) is 56.9 Å². The smallest absolute Gasteiger partial charge is 0.118 e. The fraction of sp³-hybridized carbons (Fsp3) is 0.647. The van der Waals surface area contributed by atoms with E-state index in [4.69, 9.17) is 10.5 Å². The topological polar surface area (TPSA) is 35.2 Å². The molecule has 2 heteroatoms. The number of nitrogens with two attached hydrogens (primary N) is 1. The molecule has 1 aromatic rings. The van der Waals surface area contributed by atoms with Crippen LogP contribution in [0.4, 0.5) is 0 Å². The van der Waals surface area contributed by atoms with Crippen molar-refractivity contribution in [2.45, 2.75) is 51.4 Å². The van der Waals surface area contributed by atoms with Crippen LogP contribution >= 0.6 is 0 Å². The zero-order valence-corrected chi connectivity index (χ0v) is 12.2. The van der Waals surface area contributed by atoms with Crippen LogP contribution in [-0.4, -0.2) is 13.7 Å². The number of rotatable bonds is 6. The number of hydrogen-bond donors (Lipinski definition) is 1. The summed E-state index contributed by atoms with van der Waals surface area (Å²) in [5.41, 5.74) is 7.77. The van der Waals surface area contributed by atoms with Gasteiger partial charge >= 0.3 is 0 Å². The highest BCUT2D eigenvalue weighted by Crippen LogP contribution is 2.42. The molecule has 1 saturated carbocycles. The van der Waals surface area contributed by atoms with Crippen LogP contribution in [0.2, 0.25) is 0 Å². The lowest BCUT2D eigenvalue weighted by Gasteiger charge is -2.37. The Morgan fingerprint density at radius 2 is 1.74 bits per heavy atom. The van der Waals surface area contributed by atoms with Gasteiger partial charge in [0.25, 0.3) is 0 Å². The largest absolute Gasteiger partial charge is 0.497 e. The van der Waals surface area contributed by atoms with Crippen molar-refractivity contribution >= 4 is 0 Å². The molecule has 0 aromatic heterocycles. The third kappa shape index (κ3) is 3.97. The molecule has 1 aliphatic carbocycles. The summed E-state index contributed by atoms with van der Waals surface area (Å²) in [6, 6.07) is 8.51. The molecule has 106 valence electrons. The first kappa shape index (κ1) is 14.4. The van der Waals surface area contributed by atoms with Crippen molar-refractivity contribution in [1.82, 2.24) is 0 Å². The Labute approximate surface area is 117 Å². The molecule has 0 aliphatic heterocycles. The van der Waals surface area contributed by atoms with E-state index < -0.39 is 0 Å². The molecule has 0 radical (unpaired) electrons. The molecule has 0 amide bonds. The van der Waals surface area contributed by atoms with Gasteiger partial charge in [-0.05, 0) is 61.8 Å². The summed E-state index contributed by atoms with van der Waals surface area (Å²) < 4.78 is 5.21. The molecule has 2 rings (SSSR count). The minimum Gasteiger partial charge on any atom is -0.497 e. The molecule has 1 fully saturated rings. The van der Waals surface area contributed by atoms with Gasteiger partial charge in [-0.15, -0.1) is 0 Å². The van der Waals surface area contributed by atoms with E-state index in [1.807, 2.05) is 0 Å². The number of aryl methyl sites for hydroxylation is 1. The van der Waals surface area contributed by atoms with Crippen molar-refractivity contribution in [2.75, 3.05) is 13.7 Å². The van der Waals surface area contributed by atoms with Gasteiger partial charge in [-0.3, -0.25) is 0 Å². The second-order valence-electron chi connectivity index (χ2n) is 5.95. The van der Waals surface area contributed by atoms with Gasteiger partial charge in [-0.1, -0.05) is 31.4 Å². The first-order valence-electron chi connectivity index (χ1n) is 7.61. The van der Waals surface area contributed by atoms with Crippen LogP contribution in [-0.2, 0) is 6.42 Å². The van der Waals surface area contributed by atoms with Crippen molar-refractivity contribution in [2.24, 2.45) is 11.1 Å². The van der Waals surface area contributed by atoms with Gasteiger partial charge in [0.1, 0.15) is 5.75 Å². The van der Waals surface area contributed by atoms with Gasteiger partial charge < -0.3 is 10.5 Å². The summed E-state index contributed by atoms with van der Waals surface area (Å²) in [6.45, 7) is 0.836. The van der Waals surface area contributed by atoms with Crippen LogP contribution in [0.3, 0.4) is 0 Å². The van der Waals surface area contributed by atoms with E-state index in [-0.39, 0.29) is 0 Å². The molecule has 1 aromatic carbocycles. The first-order chi connectivity index (χ1) is 9.28. The fourth-order valence-corrected chi connectivity index (χ4v) is 3.43. The van der Waals surface area contributed by atoms with Crippen molar-refractivity contribution in [3.8, 4) is 5.75 Å². The molecular formula is C17H27NO. The molecule has 0 saturated heterocycles. The monoisotopic (exact) mass is 261 g/mol. The highest BCUT2D eigenvalue weighted by molar-refractivity contribution is 5.27. The van der Waals surface area contributed by atoms with E-state index in [9.17, 15) is 0 Å². The molecule has 1 aliphatic rings. The Bertz CT molecular complexity index is 360. The molecule has 0 unspecified atom stereocenters. The third-order valence-electron chi connectivity index (χ3n) is 4.69. The lowest BCUT2D eigenvalue weighted by Crippen LogP contribution is -2.27. The van der Waals surface area contributed by atoms with E-state index in [1.54, 1.807) is 7.11 Å². The van der Waals surface area contributed by atoms with Gasteiger partial charge in [0.15, 0.2) is 0 Å². The summed E-state index contributed by atoms with van der Waals surface area (Å²) in [4.78, 5) is 0. The second-order valence-corrected chi connectivity index (χ2v) is 5.95. The van der Waals surface area contributed by atoms with E-state index >= 15 is 0 Å². The maximum Gasteiger partial charge on any atom is 0.118 e. The second kappa shape index (κ2) is 6.95. The molecule has 0 spiro atoms. The van der Waals surface area contributed by atoms with Gasteiger partial charge in [0.05, 0.1) is 7.11 Å². The molecular weight excluding hydrogens is 234 g/mol. The Morgan fingerprint density at radius 1 is 1.05 bits per heavy atom. The van der Waals surface area contributed by atoms with E-state index in [2.05, 4.69) is 24.3 Å². The van der Waals surface area contributed by atoms with Crippen LogP contribution in [0.25, 0.3) is 0 Å². The van der Waals surface area contributed by atoms with Crippen LogP contribution in [0.15, 0.2) is 24.3 Å². The lowest BCUT2D eigenvalue weighted by molar-refractivity contribution is 0.161. The van der Waals surface area contributed by atoms with E-state index in [0.717, 1.165) is 12.3 Å². The van der Waals surface area contributed by atoms with Crippen molar-refractivity contribution in [3.63, 3.8) is 0 Å². The quantitative estimate of drug-likeness (QED) is 0.842. The van der Waals surface area contributed by atoms with Gasteiger partial charge in [0, 0.05) is 0 Å². The van der Waals surface area contributed by atoms with Crippen molar-refractivity contribution in [3.05, 3.63) is 29.8 Å².